The molecule has 1 aliphatic heterocycles. The summed E-state index contributed by atoms with van der Waals surface area (Å²) in [7, 11) is 0. The first kappa shape index (κ1) is 13.5. The van der Waals surface area contributed by atoms with Crippen molar-refractivity contribution in [2.45, 2.75) is 38.1 Å². The van der Waals surface area contributed by atoms with Gasteiger partial charge >= 0.3 is 0 Å². The Labute approximate surface area is 120 Å². The lowest BCUT2D eigenvalue weighted by atomic mass is 9.94. The van der Waals surface area contributed by atoms with Gasteiger partial charge in [-0.25, -0.2) is 0 Å². The second-order valence-electron chi connectivity index (χ2n) is 5.49. The highest BCUT2D eigenvalue weighted by Gasteiger charge is 2.41. The highest BCUT2D eigenvalue weighted by molar-refractivity contribution is 6.22. The molecule has 7 heteroatoms. The van der Waals surface area contributed by atoms with Crippen LogP contribution in [0.4, 0.5) is 11.4 Å². The number of carbonyl (C=O) groups excluding carboxylic acids is 2. The van der Waals surface area contributed by atoms with Crippen LogP contribution in [0.2, 0.25) is 0 Å². The molecule has 110 valence electrons. The molecule has 21 heavy (non-hydrogen) atoms. The third kappa shape index (κ3) is 2.05. The number of carbonyl (C=O) groups is 2. The number of hydrogen-bond acceptors (Lipinski definition) is 5. The first-order valence-electron chi connectivity index (χ1n) is 6.96. The highest BCUT2D eigenvalue weighted by atomic mass is 16.6. The maximum atomic E-state index is 12.4. The monoisotopic (exact) mass is 289 g/mol. The number of hydrogen-bond donors (Lipinski definition) is 1. The number of nitrogens with zero attached hydrogens (tertiary/aromatic N) is 2. The van der Waals surface area contributed by atoms with Crippen LogP contribution < -0.4 is 5.73 Å². The number of nitro groups is 1. The molecule has 1 saturated carbocycles. The van der Waals surface area contributed by atoms with Crippen LogP contribution in [-0.4, -0.2) is 27.7 Å². The van der Waals surface area contributed by atoms with Crippen LogP contribution in [0, 0.1) is 10.1 Å². The van der Waals surface area contributed by atoms with Crippen molar-refractivity contribution in [2.75, 3.05) is 5.73 Å². The number of rotatable bonds is 2. The number of benzene rings is 1. The summed E-state index contributed by atoms with van der Waals surface area (Å²) < 4.78 is 0. The van der Waals surface area contributed by atoms with Gasteiger partial charge in [0.2, 0.25) is 0 Å². The fourth-order valence-electron chi connectivity index (χ4n) is 3.14. The molecule has 1 aromatic carbocycles. The molecule has 0 aromatic heterocycles. The van der Waals surface area contributed by atoms with Gasteiger partial charge in [0, 0.05) is 12.1 Å². The van der Waals surface area contributed by atoms with Gasteiger partial charge in [-0.1, -0.05) is 19.3 Å². The quantitative estimate of drug-likeness (QED) is 0.388. The van der Waals surface area contributed by atoms with Crippen molar-refractivity contribution in [3.05, 3.63) is 33.4 Å². The van der Waals surface area contributed by atoms with Crippen LogP contribution in [0.15, 0.2) is 12.1 Å². The molecule has 0 atom stereocenters. The van der Waals surface area contributed by atoms with Crippen molar-refractivity contribution in [2.24, 2.45) is 0 Å². The van der Waals surface area contributed by atoms with Gasteiger partial charge in [0.15, 0.2) is 0 Å². The van der Waals surface area contributed by atoms with E-state index < -0.39 is 10.8 Å². The molecule has 3 rings (SSSR count). The summed E-state index contributed by atoms with van der Waals surface area (Å²) in [6.07, 6.45) is 4.67. The van der Waals surface area contributed by atoms with Crippen LogP contribution in [0.25, 0.3) is 0 Å². The molecular weight excluding hydrogens is 274 g/mol. The Morgan fingerprint density at radius 3 is 2.24 bits per heavy atom. The number of nitro benzene ring substituents is 1. The van der Waals surface area contributed by atoms with Gasteiger partial charge in [-0.2, -0.15) is 0 Å². The standard InChI is InChI=1S/C14H15N3O4/c15-11-6-9-10(7-12(11)17(20)21)14(19)16(13(9)18)8-4-2-1-3-5-8/h6-8H,1-5,15H2. The number of nitrogen functional groups attached to an aromatic ring is 1. The second kappa shape index (κ2) is 4.83. The number of nitrogens with two attached hydrogens (primary N) is 1. The SMILES string of the molecule is Nc1cc2c(cc1[N+](=O)[O-])C(=O)N(C1CCCCC1)C2=O. The van der Waals surface area contributed by atoms with Crippen LogP contribution >= 0.6 is 0 Å². The molecule has 0 radical (unpaired) electrons. The number of imide groups is 1. The maximum Gasteiger partial charge on any atom is 0.292 e. The molecule has 0 spiro atoms. The number of anilines is 1. The molecule has 1 fully saturated rings. The van der Waals surface area contributed by atoms with Gasteiger partial charge in [-0.3, -0.25) is 24.6 Å². The summed E-state index contributed by atoms with van der Waals surface area (Å²) >= 11 is 0. The van der Waals surface area contributed by atoms with E-state index in [2.05, 4.69) is 0 Å². The molecule has 1 aliphatic carbocycles. The lowest BCUT2D eigenvalue weighted by molar-refractivity contribution is -0.383. The lowest BCUT2D eigenvalue weighted by Gasteiger charge is -2.29. The minimum atomic E-state index is -0.642. The van der Waals surface area contributed by atoms with Crippen molar-refractivity contribution in [3.63, 3.8) is 0 Å². The van der Waals surface area contributed by atoms with E-state index in [9.17, 15) is 19.7 Å². The normalized spacial score (nSPS) is 19.0. The van der Waals surface area contributed by atoms with E-state index in [4.69, 9.17) is 5.73 Å². The van der Waals surface area contributed by atoms with Crippen LogP contribution in [0.5, 0.6) is 0 Å². The first-order chi connectivity index (χ1) is 10.0. The molecule has 2 amide bonds. The predicted octanol–water partition coefficient (Wildman–Crippen LogP) is 2.11. The van der Waals surface area contributed by atoms with E-state index in [0.29, 0.717) is 0 Å². The van der Waals surface area contributed by atoms with E-state index in [0.717, 1.165) is 38.2 Å². The van der Waals surface area contributed by atoms with E-state index >= 15 is 0 Å². The van der Waals surface area contributed by atoms with Gasteiger partial charge in [0.1, 0.15) is 5.69 Å². The zero-order valence-corrected chi connectivity index (χ0v) is 11.4. The molecule has 0 unspecified atom stereocenters. The average Bonchev–Trinajstić information content (AvgIpc) is 2.70. The smallest absolute Gasteiger partial charge is 0.292 e. The van der Waals surface area contributed by atoms with Gasteiger partial charge in [-0.05, 0) is 18.9 Å². The van der Waals surface area contributed by atoms with E-state index in [1.807, 2.05) is 0 Å². The fraction of sp³-hybridized carbons (Fsp3) is 0.429. The minimum absolute atomic E-state index is 0.0893. The lowest BCUT2D eigenvalue weighted by Crippen LogP contribution is -2.40. The summed E-state index contributed by atoms with van der Waals surface area (Å²) in [5.41, 5.74) is 5.44. The Morgan fingerprint density at radius 1 is 1.10 bits per heavy atom. The summed E-state index contributed by atoms with van der Waals surface area (Å²) in [6.45, 7) is 0. The Morgan fingerprint density at radius 2 is 1.67 bits per heavy atom. The molecule has 2 aliphatic rings. The topological polar surface area (TPSA) is 107 Å². The molecule has 0 bridgehead atoms. The molecule has 0 saturated heterocycles. The van der Waals surface area contributed by atoms with Crippen molar-refractivity contribution in [1.29, 1.82) is 0 Å². The second-order valence-corrected chi connectivity index (χ2v) is 5.49. The molecule has 2 N–H and O–H groups in total. The molecule has 1 aromatic rings. The molecule has 1 heterocycles. The molecule has 7 nitrogen and oxygen atoms in total. The van der Waals surface area contributed by atoms with Crippen molar-refractivity contribution < 1.29 is 14.5 Å². The number of fused-ring (bicyclic) bond motifs is 1. The van der Waals surface area contributed by atoms with E-state index in [-0.39, 0.29) is 34.5 Å². The fourth-order valence-corrected chi connectivity index (χ4v) is 3.14. The first-order valence-corrected chi connectivity index (χ1v) is 6.96. The third-order valence-electron chi connectivity index (χ3n) is 4.20. The summed E-state index contributed by atoms with van der Waals surface area (Å²) in [5.74, 6) is -0.825. The largest absolute Gasteiger partial charge is 0.393 e. The van der Waals surface area contributed by atoms with Crippen molar-refractivity contribution in [3.8, 4) is 0 Å². The Hall–Kier alpha value is -2.44. The summed E-state index contributed by atoms with van der Waals surface area (Å²) in [6, 6.07) is 2.26. The zero-order valence-electron chi connectivity index (χ0n) is 11.4. The van der Waals surface area contributed by atoms with Crippen LogP contribution in [0.3, 0.4) is 0 Å². The van der Waals surface area contributed by atoms with Gasteiger partial charge < -0.3 is 5.73 Å². The Bertz CT molecular complexity index is 650. The van der Waals surface area contributed by atoms with Crippen molar-refractivity contribution in [1.82, 2.24) is 4.90 Å². The Kier molecular flexibility index (Phi) is 3.12. The van der Waals surface area contributed by atoms with Crippen molar-refractivity contribution >= 4 is 23.2 Å². The number of amides is 2. The van der Waals surface area contributed by atoms with Crippen LogP contribution in [-0.2, 0) is 0 Å². The summed E-state index contributed by atoms with van der Waals surface area (Å²) in [5, 5.41) is 10.9. The van der Waals surface area contributed by atoms with Gasteiger partial charge in [0.05, 0.1) is 16.1 Å². The highest BCUT2D eigenvalue weighted by Crippen LogP contribution is 2.35. The van der Waals surface area contributed by atoms with Gasteiger partial charge in [-0.15, -0.1) is 0 Å². The summed E-state index contributed by atoms with van der Waals surface area (Å²) in [4.78, 5) is 36.4. The van der Waals surface area contributed by atoms with E-state index in [1.165, 1.54) is 11.0 Å². The van der Waals surface area contributed by atoms with Crippen LogP contribution in [0.1, 0.15) is 52.8 Å². The zero-order chi connectivity index (χ0) is 15.1. The molecular formula is C14H15N3O4. The third-order valence-corrected chi connectivity index (χ3v) is 4.20. The average molecular weight is 289 g/mol. The Balaban J connectivity index is 2.02. The van der Waals surface area contributed by atoms with Gasteiger partial charge in [0.25, 0.3) is 17.5 Å². The maximum absolute atomic E-state index is 12.4. The minimum Gasteiger partial charge on any atom is -0.393 e. The predicted molar refractivity (Wildman–Crippen MR) is 74.9 cm³/mol. The van der Waals surface area contributed by atoms with E-state index in [1.54, 1.807) is 0 Å².